The highest BCUT2D eigenvalue weighted by molar-refractivity contribution is 5.92. The lowest BCUT2D eigenvalue weighted by Crippen LogP contribution is -2.21. The zero-order chi connectivity index (χ0) is 16.8. The first-order chi connectivity index (χ1) is 11.0. The molecule has 0 aliphatic carbocycles. The maximum atomic E-state index is 12.1. The van der Waals surface area contributed by atoms with Crippen LogP contribution in [-0.4, -0.2) is 12.5 Å². The largest absolute Gasteiger partial charge is 0.483 e. The summed E-state index contributed by atoms with van der Waals surface area (Å²) in [6.07, 6.45) is 0.882. The first-order valence-electron chi connectivity index (χ1n) is 8.12. The second kappa shape index (κ2) is 7.82. The molecule has 2 aromatic carbocycles. The number of carbonyl (C=O) groups excluding carboxylic acids is 1. The van der Waals surface area contributed by atoms with Gasteiger partial charge in [0.1, 0.15) is 5.75 Å². The summed E-state index contributed by atoms with van der Waals surface area (Å²) in [5.41, 5.74) is 4.23. The molecule has 3 heteroatoms. The van der Waals surface area contributed by atoms with Gasteiger partial charge in [0.15, 0.2) is 6.61 Å². The third kappa shape index (κ3) is 4.59. The molecule has 0 spiro atoms. The van der Waals surface area contributed by atoms with E-state index in [1.54, 1.807) is 0 Å². The molecule has 0 saturated heterocycles. The molecule has 122 valence electrons. The summed E-state index contributed by atoms with van der Waals surface area (Å²) < 4.78 is 5.72. The zero-order valence-corrected chi connectivity index (χ0v) is 14.3. The highest BCUT2D eigenvalue weighted by atomic mass is 16.5. The van der Waals surface area contributed by atoms with Gasteiger partial charge in [-0.25, -0.2) is 0 Å². The molecule has 0 heterocycles. The Morgan fingerprint density at radius 3 is 2.61 bits per heavy atom. The third-order valence-electron chi connectivity index (χ3n) is 3.91. The van der Waals surface area contributed by atoms with Crippen LogP contribution in [0.5, 0.6) is 5.75 Å². The Balaban J connectivity index is 2.00. The van der Waals surface area contributed by atoms with Gasteiger partial charge in [-0.1, -0.05) is 51.1 Å². The van der Waals surface area contributed by atoms with Crippen molar-refractivity contribution in [3.63, 3.8) is 0 Å². The number of nitrogens with one attached hydrogen (secondary N) is 1. The van der Waals surface area contributed by atoms with E-state index in [1.807, 2.05) is 43.3 Å². The number of amides is 1. The molecule has 0 saturated carbocycles. The lowest BCUT2D eigenvalue weighted by Gasteiger charge is -2.13. The summed E-state index contributed by atoms with van der Waals surface area (Å²) in [5, 5.41) is 2.92. The second-order valence-electron chi connectivity index (χ2n) is 6.03. The summed E-state index contributed by atoms with van der Waals surface area (Å²) >= 11 is 0. The van der Waals surface area contributed by atoms with Crippen LogP contribution in [0.3, 0.4) is 0 Å². The number of carbonyl (C=O) groups is 1. The number of rotatable bonds is 6. The van der Waals surface area contributed by atoms with Gasteiger partial charge in [0.2, 0.25) is 0 Å². The average molecular weight is 311 g/mol. The van der Waals surface area contributed by atoms with E-state index in [0.717, 1.165) is 29.0 Å². The molecular formula is C20H25NO2. The van der Waals surface area contributed by atoms with Gasteiger partial charge < -0.3 is 10.1 Å². The van der Waals surface area contributed by atoms with Crippen LogP contribution in [0, 0.1) is 6.92 Å². The number of aryl methyl sites for hydroxylation is 2. The maximum absolute atomic E-state index is 12.1. The van der Waals surface area contributed by atoms with Crippen molar-refractivity contribution in [2.75, 3.05) is 11.9 Å². The fourth-order valence-corrected chi connectivity index (χ4v) is 2.41. The summed E-state index contributed by atoms with van der Waals surface area (Å²) in [4.78, 5) is 12.1. The van der Waals surface area contributed by atoms with Crippen molar-refractivity contribution in [2.45, 2.75) is 40.0 Å². The molecule has 2 aromatic rings. The monoisotopic (exact) mass is 311 g/mol. The van der Waals surface area contributed by atoms with Crippen molar-refractivity contribution in [1.82, 2.24) is 0 Å². The molecule has 0 bridgehead atoms. The van der Waals surface area contributed by atoms with E-state index in [4.69, 9.17) is 4.74 Å². The van der Waals surface area contributed by atoms with Crippen LogP contribution in [0.2, 0.25) is 0 Å². The predicted octanol–water partition coefficient (Wildman–Crippen LogP) is 4.70. The molecule has 2 rings (SSSR count). The van der Waals surface area contributed by atoms with Crippen LogP contribution >= 0.6 is 0 Å². The molecule has 0 aliphatic heterocycles. The summed E-state index contributed by atoms with van der Waals surface area (Å²) in [5.74, 6) is 1.07. The molecule has 0 aromatic heterocycles. The number of hydrogen-bond acceptors (Lipinski definition) is 2. The fourth-order valence-electron chi connectivity index (χ4n) is 2.41. The van der Waals surface area contributed by atoms with Crippen molar-refractivity contribution in [1.29, 1.82) is 0 Å². The molecule has 23 heavy (non-hydrogen) atoms. The Morgan fingerprint density at radius 2 is 1.91 bits per heavy atom. The van der Waals surface area contributed by atoms with Crippen molar-refractivity contribution in [3.8, 4) is 5.75 Å². The van der Waals surface area contributed by atoms with Gasteiger partial charge in [-0.05, 0) is 48.1 Å². The maximum Gasteiger partial charge on any atom is 0.262 e. The van der Waals surface area contributed by atoms with Gasteiger partial charge in [-0.15, -0.1) is 0 Å². The van der Waals surface area contributed by atoms with E-state index in [1.165, 1.54) is 5.56 Å². The lowest BCUT2D eigenvalue weighted by molar-refractivity contribution is -0.118. The van der Waals surface area contributed by atoms with E-state index in [9.17, 15) is 4.79 Å². The molecular weight excluding hydrogens is 286 g/mol. The summed E-state index contributed by atoms with van der Waals surface area (Å²) in [6, 6.07) is 14.0. The minimum Gasteiger partial charge on any atom is -0.483 e. The van der Waals surface area contributed by atoms with Crippen LogP contribution in [0.4, 0.5) is 5.69 Å². The van der Waals surface area contributed by atoms with Crippen LogP contribution in [0.25, 0.3) is 0 Å². The number of anilines is 1. The molecule has 1 amide bonds. The number of hydrogen-bond donors (Lipinski definition) is 1. The van der Waals surface area contributed by atoms with Gasteiger partial charge in [-0.2, -0.15) is 0 Å². The minimum atomic E-state index is -0.139. The van der Waals surface area contributed by atoms with Crippen molar-refractivity contribution in [2.24, 2.45) is 0 Å². The third-order valence-corrected chi connectivity index (χ3v) is 3.91. The van der Waals surface area contributed by atoms with E-state index in [2.05, 4.69) is 32.2 Å². The second-order valence-corrected chi connectivity index (χ2v) is 6.03. The molecule has 0 fully saturated rings. The smallest absolute Gasteiger partial charge is 0.262 e. The number of benzene rings is 2. The van der Waals surface area contributed by atoms with Crippen molar-refractivity contribution in [3.05, 3.63) is 59.2 Å². The van der Waals surface area contributed by atoms with Gasteiger partial charge in [0.05, 0.1) is 0 Å². The van der Waals surface area contributed by atoms with Gasteiger partial charge in [0.25, 0.3) is 5.91 Å². The number of ether oxygens (including phenoxy) is 1. The topological polar surface area (TPSA) is 38.3 Å². The highest BCUT2D eigenvalue weighted by Gasteiger charge is 2.09. The van der Waals surface area contributed by atoms with Gasteiger partial charge >= 0.3 is 0 Å². The molecule has 1 N–H and O–H groups in total. The Hall–Kier alpha value is -2.29. The molecule has 0 aliphatic rings. The Bertz CT molecular complexity index is 677. The Labute approximate surface area is 138 Å². The van der Waals surface area contributed by atoms with Gasteiger partial charge in [0, 0.05) is 5.69 Å². The van der Waals surface area contributed by atoms with E-state index < -0.39 is 0 Å². The first-order valence-corrected chi connectivity index (χ1v) is 8.12. The zero-order valence-electron chi connectivity index (χ0n) is 14.3. The summed E-state index contributed by atoms with van der Waals surface area (Å²) in [7, 11) is 0. The van der Waals surface area contributed by atoms with Gasteiger partial charge in [-0.3, -0.25) is 4.79 Å². The van der Waals surface area contributed by atoms with E-state index >= 15 is 0 Å². The Kier molecular flexibility index (Phi) is 5.80. The van der Waals surface area contributed by atoms with E-state index in [-0.39, 0.29) is 12.5 Å². The van der Waals surface area contributed by atoms with Crippen LogP contribution in [0.15, 0.2) is 42.5 Å². The molecule has 0 unspecified atom stereocenters. The van der Waals surface area contributed by atoms with E-state index in [0.29, 0.717) is 5.92 Å². The van der Waals surface area contributed by atoms with Crippen LogP contribution in [-0.2, 0) is 11.2 Å². The normalized spacial score (nSPS) is 10.7. The van der Waals surface area contributed by atoms with Crippen molar-refractivity contribution < 1.29 is 9.53 Å². The fraction of sp³-hybridized carbons (Fsp3) is 0.350. The highest BCUT2D eigenvalue weighted by Crippen LogP contribution is 2.24. The lowest BCUT2D eigenvalue weighted by atomic mass is 10.0. The molecule has 3 nitrogen and oxygen atoms in total. The summed E-state index contributed by atoms with van der Waals surface area (Å²) in [6.45, 7) is 8.36. The predicted molar refractivity (Wildman–Crippen MR) is 95.2 cm³/mol. The van der Waals surface area contributed by atoms with Crippen LogP contribution in [0.1, 0.15) is 43.4 Å². The molecule has 0 radical (unpaired) electrons. The quantitative estimate of drug-likeness (QED) is 0.840. The number of para-hydroxylation sites is 1. The standard InChI is InChI=1S/C20H25NO2/c1-5-16-8-6-7-9-18(16)21-20(22)13-23-19-12-17(14(2)3)11-10-15(19)4/h6-12,14H,5,13H2,1-4H3,(H,21,22). The SMILES string of the molecule is CCc1ccccc1NC(=O)COc1cc(C(C)C)ccc1C. The van der Waals surface area contributed by atoms with Crippen LogP contribution < -0.4 is 10.1 Å². The van der Waals surface area contributed by atoms with Crippen molar-refractivity contribution >= 4 is 11.6 Å². The molecule has 0 atom stereocenters. The Morgan fingerprint density at radius 1 is 1.17 bits per heavy atom. The average Bonchev–Trinajstić information content (AvgIpc) is 2.54. The minimum absolute atomic E-state index is 0.0143. The first kappa shape index (κ1) is 17.1.